The summed E-state index contributed by atoms with van der Waals surface area (Å²) in [4.78, 5) is 14.8. The third-order valence-electron chi connectivity index (χ3n) is 7.26. The maximum Gasteiger partial charge on any atom is 0.410 e. The molecule has 1 unspecified atom stereocenters. The van der Waals surface area contributed by atoms with E-state index in [0.717, 1.165) is 36.1 Å². The minimum atomic E-state index is -1.22. The van der Waals surface area contributed by atoms with Crippen LogP contribution in [0.2, 0.25) is 0 Å². The first-order valence-electron chi connectivity index (χ1n) is 14.1. The van der Waals surface area contributed by atoms with Crippen LogP contribution < -0.4 is 9.47 Å². The lowest BCUT2D eigenvalue weighted by atomic mass is 9.92. The first-order valence-corrected chi connectivity index (χ1v) is 16.1. The van der Waals surface area contributed by atoms with Crippen molar-refractivity contribution in [1.29, 1.82) is 0 Å². The van der Waals surface area contributed by atoms with Crippen molar-refractivity contribution in [2.24, 2.45) is 0 Å². The van der Waals surface area contributed by atoms with E-state index in [9.17, 15) is 9.35 Å². The Hall–Kier alpha value is -3.85. The van der Waals surface area contributed by atoms with Crippen molar-refractivity contribution < 1.29 is 23.6 Å². The molecule has 8 heteroatoms. The minimum absolute atomic E-state index is 0.254. The zero-order chi connectivity index (χ0) is 30.1. The number of carbonyl (C=O) groups excluding carboxylic acids is 1. The molecule has 6 rings (SSSR count). The molecule has 0 bridgehead atoms. The first kappa shape index (κ1) is 29.2. The molecular formula is C35H33BrNO5S+. The third kappa shape index (κ3) is 6.56. The fourth-order valence-electron chi connectivity index (χ4n) is 5.04. The minimum Gasteiger partial charge on any atom is -0.489 e. The van der Waals surface area contributed by atoms with E-state index < -0.39 is 16.4 Å². The maximum atomic E-state index is 12.3. The predicted octanol–water partition coefficient (Wildman–Crippen LogP) is 9.86. The fourth-order valence-corrected chi connectivity index (χ4v) is 6.80. The summed E-state index contributed by atoms with van der Waals surface area (Å²) in [5, 5.41) is 0.840. The SMILES string of the molecule is CC(C)(C)OC(=O)N1CC(c2ccc(Oc3c(-c4ccc(Br)cc4)[s+](O)c4cc(OCc5ccccc5)ccc34)cc2)C1. The number of carbonyl (C=O) groups is 1. The number of likely N-dealkylation sites (tertiary alicyclic amines) is 1. The highest BCUT2D eigenvalue weighted by Crippen LogP contribution is 2.52. The van der Waals surface area contributed by atoms with E-state index in [2.05, 4.69) is 15.9 Å². The van der Waals surface area contributed by atoms with Gasteiger partial charge in [-0.25, -0.2) is 4.79 Å². The Bertz CT molecular complexity index is 1740. The largest absolute Gasteiger partial charge is 0.489 e. The van der Waals surface area contributed by atoms with E-state index in [-0.39, 0.29) is 12.0 Å². The second kappa shape index (κ2) is 12.0. The molecule has 43 heavy (non-hydrogen) atoms. The van der Waals surface area contributed by atoms with Gasteiger partial charge in [0, 0.05) is 35.1 Å². The molecule has 1 amide bonds. The van der Waals surface area contributed by atoms with Crippen LogP contribution in [0.5, 0.6) is 17.2 Å². The molecule has 1 atom stereocenters. The number of amides is 1. The number of nitrogens with zero attached hydrogens (tertiary/aromatic N) is 1. The van der Waals surface area contributed by atoms with Crippen molar-refractivity contribution in [2.45, 2.75) is 38.9 Å². The van der Waals surface area contributed by atoms with E-state index in [1.807, 2.05) is 118 Å². The Balaban J connectivity index is 1.25. The van der Waals surface area contributed by atoms with E-state index in [1.54, 1.807) is 4.90 Å². The predicted molar refractivity (Wildman–Crippen MR) is 175 cm³/mol. The topological polar surface area (TPSA) is 68.2 Å². The molecule has 0 radical (unpaired) electrons. The summed E-state index contributed by atoms with van der Waals surface area (Å²) in [6.07, 6.45) is -0.274. The van der Waals surface area contributed by atoms with Gasteiger partial charge in [-0.1, -0.05) is 58.4 Å². The van der Waals surface area contributed by atoms with Crippen molar-refractivity contribution in [3.05, 3.63) is 113 Å². The van der Waals surface area contributed by atoms with Gasteiger partial charge in [0.1, 0.15) is 23.7 Å². The van der Waals surface area contributed by atoms with Crippen molar-refractivity contribution >= 4 is 42.9 Å². The molecule has 220 valence electrons. The van der Waals surface area contributed by atoms with E-state index in [4.69, 9.17) is 14.2 Å². The molecule has 4 aromatic carbocycles. The first-order chi connectivity index (χ1) is 20.6. The molecular weight excluding hydrogens is 626 g/mol. The summed E-state index contributed by atoms with van der Waals surface area (Å²) in [7, 11) is -1.22. The molecule has 2 heterocycles. The van der Waals surface area contributed by atoms with Gasteiger partial charge in [0.05, 0.1) is 5.39 Å². The molecule has 1 aliphatic rings. The second-order valence-electron chi connectivity index (χ2n) is 11.6. The summed E-state index contributed by atoms with van der Waals surface area (Å²) in [6, 6.07) is 31.7. The number of fused-ring (bicyclic) bond motifs is 1. The third-order valence-corrected chi connectivity index (χ3v) is 9.36. The Labute approximate surface area is 262 Å². The van der Waals surface area contributed by atoms with Gasteiger partial charge in [0.25, 0.3) is 4.88 Å². The van der Waals surface area contributed by atoms with Crippen LogP contribution in [0, 0.1) is 0 Å². The van der Waals surface area contributed by atoms with Crippen LogP contribution in [0.25, 0.3) is 20.5 Å². The van der Waals surface area contributed by atoms with Crippen LogP contribution in [-0.4, -0.2) is 34.2 Å². The van der Waals surface area contributed by atoms with Crippen molar-refractivity contribution in [3.8, 4) is 27.7 Å². The van der Waals surface area contributed by atoms with E-state index >= 15 is 0 Å². The number of halogens is 1. The molecule has 0 spiro atoms. The van der Waals surface area contributed by atoms with Gasteiger partial charge in [-0.05, 0) is 80.4 Å². The Morgan fingerprint density at radius 1 is 0.930 bits per heavy atom. The molecule has 1 aliphatic heterocycles. The number of hydrogen-bond acceptors (Lipinski definition) is 5. The van der Waals surface area contributed by atoms with Gasteiger partial charge in [0.2, 0.25) is 10.4 Å². The highest BCUT2D eigenvalue weighted by molar-refractivity contribution is 9.10. The highest BCUT2D eigenvalue weighted by Gasteiger charge is 2.35. The lowest BCUT2D eigenvalue weighted by molar-refractivity contribution is 0.00818. The maximum absolute atomic E-state index is 12.3. The van der Waals surface area contributed by atoms with Gasteiger partial charge in [-0.15, -0.1) is 0 Å². The molecule has 1 saturated heterocycles. The van der Waals surface area contributed by atoms with Gasteiger partial charge in [0.15, 0.2) is 10.8 Å². The van der Waals surface area contributed by atoms with Crippen LogP contribution >= 0.6 is 26.7 Å². The lowest BCUT2D eigenvalue weighted by Gasteiger charge is -2.40. The van der Waals surface area contributed by atoms with Gasteiger partial charge >= 0.3 is 6.09 Å². The quantitative estimate of drug-likeness (QED) is 0.176. The van der Waals surface area contributed by atoms with Crippen LogP contribution in [-0.2, 0) is 11.3 Å². The Morgan fingerprint density at radius 3 is 2.28 bits per heavy atom. The van der Waals surface area contributed by atoms with Crippen molar-refractivity contribution in [2.75, 3.05) is 13.1 Å². The Kier molecular flexibility index (Phi) is 8.18. The second-order valence-corrected chi connectivity index (χ2v) is 14.0. The van der Waals surface area contributed by atoms with E-state index in [1.165, 1.54) is 0 Å². The van der Waals surface area contributed by atoms with Crippen molar-refractivity contribution in [1.82, 2.24) is 4.90 Å². The molecule has 1 aromatic heterocycles. The standard InChI is InChI=1S/C35H33BrNO5S/c1-35(2,3)42-34(38)37-20-26(21-37)24-11-15-28(16-12-24)41-32-30-18-17-29(40-22-23-7-5-4-6-8-23)19-31(30)43(39)33(32)25-9-13-27(36)14-10-25/h4-19,26,39H,20-22H2,1-3H3/q+1. The van der Waals surface area contributed by atoms with Crippen LogP contribution in [0.1, 0.15) is 37.8 Å². The summed E-state index contributed by atoms with van der Waals surface area (Å²) >= 11 is 3.51. The Morgan fingerprint density at radius 2 is 1.60 bits per heavy atom. The zero-order valence-electron chi connectivity index (χ0n) is 24.2. The number of ether oxygens (including phenoxy) is 3. The molecule has 0 aliphatic carbocycles. The highest BCUT2D eigenvalue weighted by atomic mass is 79.9. The molecule has 1 fully saturated rings. The summed E-state index contributed by atoms with van der Waals surface area (Å²) < 4.78 is 31.4. The molecule has 0 saturated carbocycles. The number of benzene rings is 4. The lowest BCUT2D eigenvalue weighted by Crippen LogP contribution is -2.50. The average Bonchev–Trinajstić information content (AvgIpc) is 3.22. The van der Waals surface area contributed by atoms with Gasteiger partial charge in [-0.2, -0.15) is 4.55 Å². The van der Waals surface area contributed by atoms with Crippen LogP contribution in [0.4, 0.5) is 4.79 Å². The average molecular weight is 660 g/mol. The van der Waals surface area contributed by atoms with Crippen LogP contribution in [0.15, 0.2) is 102 Å². The molecule has 5 aromatic rings. The normalized spacial score (nSPS) is 14.0. The smallest absolute Gasteiger partial charge is 0.410 e. The monoisotopic (exact) mass is 658 g/mol. The van der Waals surface area contributed by atoms with Gasteiger partial charge < -0.3 is 19.1 Å². The number of hydrogen-bond donors (Lipinski definition) is 1. The fraction of sp³-hybridized carbons (Fsp3) is 0.229. The zero-order valence-corrected chi connectivity index (χ0v) is 26.7. The summed E-state index contributed by atoms with van der Waals surface area (Å²) in [5.41, 5.74) is 2.60. The summed E-state index contributed by atoms with van der Waals surface area (Å²) in [6.45, 7) is 7.32. The van der Waals surface area contributed by atoms with Crippen LogP contribution in [0.3, 0.4) is 0 Å². The van der Waals surface area contributed by atoms with Gasteiger partial charge in [-0.3, -0.25) is 0 Å². The number of thiophene rings is 1. The molecule has 6 nitrogen and oxygen atoms in total. The summed E-state index contributed by atoms with van der Waals surface area (Å²) in [5.74, 6) is 2.25. The van der Waals surface area contributed by atoms with Crippen molar-refractivity contribution in [3.63, 3.8) is 0 Å². The molecule has 1 N–H and O–H groups in total. The van der Waals surface area contributed by atoms with E-state index in [0.29, 0.717) is 36.9 Å². The number of rotatable bonds is 7.